The van der Waals surface area contributed by atoms with E-state index in [2.05, 4.69) is 5.10 Å². The molecule has 0 saturated heterocycles. The SMILES string of the molecule is O=C(c1cccc(Cl)c1)N1N=C(c2ccccc2)C[C@@H]1c1ccccc1O. The molecule has 1 N–H and O–H groups in total. The third-order valence-corrected chi connectivity index (χ3v) is 4.83. The number of phenolic OH excluding ortho intramolecular Hbond substituents is 1. The summed E-state index contributed by atoms with van der Waals surface area (Å²) in [4.78, 5) is 13.1. The lowest BCUT2D eigenvalue weighted by atomic mass is 9.97. The van der Waals surface area contributed by atoms with Crippen LogP contribution in [0.25, 0.3) is 0 Å². The number of hydrogen-bond acceptors (Lipinski definition) is 3. The number of phenols is 1. The van der Waals surface area contributed by atoms with Crippen LogP contribution in [0.3, 0.4) is 0 Å². The van der Waals surface area contributed by atoms with Crippen molar-refractivity contribution in [3.05, 3.63) is 101 Å². The number of nitrogens with zero attached hydrogens (tertiary/aromatic N) is 2. The van der Waals surface area contributed by atoms with Gasteiger partial charge in [0.15, 0.2) is 0 Å². The lowest BCUT2D eigenvalue weighted by Crippen LogP contribution is -2.27. The number of hydrogen-bond donors (Lipinski definition) is 1. The summed E-state index contributed by atoms with van der Waals surface area (Å²) in [6.07, 6.45) is 0.522. The first-order chi connectivity index (χ1) is 13.1. The predicted octanol–water partition coefficient (Wildman–Crippen LogP) is 5.04. The Hall–Kier alpha value is -3.11. The van der Waals surface area contributed by atoms with Gasteiger partial charge >= 0.3 is 0 Å². The standard InChI is InChI=1S/C22H17ClN2O2/c23-17-10-6-9-16(13-17)22(27)25-20(18-11-4-5-12-21(18)26)14-19(24-25)15-7-2-1-3-8-15/h1-13,20,26H,14H2/t20-/m1/s1. The number of amides is 1. The van der Waals surface area contributed by atoms with Crippen molar-refractivity contribution >= 4 is 23.2 Å². The number of benzene rings is 3. The van der Waals surface area contributed by atoms with E-state index >= 15 is 0 Å². The molecule has 1 heterocycles. The normalized spacial score (nSPS) is 16.3. The number of rotatable bonds is 3. The summed E-state index contributed by atoms with van der Waals surface area (Å²) in [7, 11) is 0. The number of hydrazone groups is 1. The first kappa shape index (κ1) is 17.3. The maximum atomic E-state index is 13.1. The molecule has 5 heteroatoms. The topological polar surface area (TPSA) is 52.9 Å². The van der Waals surface area contributed by atoms with Crippen LogP contribution in [-0.4, -0.2) is 21.7 Å². The van der Waals surface area contributed by atoms with Crippen molar-refractivity contribution in [1.29, 1.82) is 0 Å². The third kappa shape index (κ3) is 3.44. The van der Waals surface area contributed by atoms with E-state index in [4.69, 9.17) is 11.6 Å². The van der Waals surface area contributed by atoms with Crippen LogP contribution in [0, 0.1) is 0 Å². The van der Waals surface area contributed by atoms with E-state index in [1.54, 1.807) is 36.4 Å². The second kappa shape index (κ2) is 7.25. The van der Waals surface area contributed by atoms with Gasteiger partial charge in [0, 0.05) is 22.6 Å². The van der Waals surface area contributed by atoms with Crippen LogP contribution in [0.2, 0.25) is 5.02 Å². The molecule has 1 atom stereocenters. The first-order valence-corrected chi connectivity index (χ1v) is 9.01. The summed E-state index contributed by atoms with van der Waals surface area (Å²) >= 11 is 6.05. The van der Waals surface area contributed by atoms with Crippen LogP contribution in [0.15, 0.2) is 84.0 Å². The zero-order valence-electron chi connectivity index (χ0n) is 14.4. The van der Waals surface area contributed by atoms with E-state index < -0.39 is 0 Å². The molecule has 0 aromatic heterocycles. The number of halogens is 1. The van der Waals surface area contributed by atoms with Gasteiger partial charge in [-0.1, -0.05) is 66.2 Å². The fraction of sp³-hybridized carbons (Fsp3) is 0.0909. The molecule has 3 aromatic rings. The molecular weight excluding hydrogens is 360 g/mol. The van der Waals surface area contributed by atoms with E-state index in [-0.39, 0.29) is 17.7 Å². The molecule has 134 valence electrons. The van der Waals surface area contributed by atoms with Crippen molar-refractivity contribution in [2.24, 2.45) is 5.10 Å². The molecule has 3 aromatic carbocycles. The zero-order valence-corrected chi connectivity index (χ0v) is 15.2. The molecule has 1 aliphatic rings. The smallest absolute Gasteiger partial charge is 0.274 e. The summed E-state index contributed by atoms with van der Waals surface area (Å²) in [6.45, 7) is 0. The van der Waals surface area contributed by atoms with Gasteiger partial charge in [0.05, 0.1) is 11.8 Å². The summed E-state index contributed by atoms with van der Waals surface area (Å²) in [5.74, 6) is -0.104. The number of aromatic hydroxyl groups is 1. The van der Waals surface area contributed by atoms with Crippen molar-refractivity contribution < 1.29 is 9.90 Å². The highest BCUT2D eigenvalue weighted by atomic mass is 35.5. The number of para-hydroxylation sites is 1. The van der Waals surface area contributed by atoms with Crippen LogP contribution in [0.1, 0.15) is 33.9 Å². The van der Waals surface area contributed by atoms with E-state index in [1.807, 2.05) is 42.5 Å². The van der Waals surface area contributed by atoms with Gasteiger partial charge in [-0.05, 0) is 29.8 Å². The van der Waals surface area contributed by atoms with Crippen LogP contribution in [-0.2, 0) is 0 Å². The van der Waals surface area contributed by atoms with Gasteiger partial charge in [0.2, 0.25) is 0 Å². The molecule has 27 heavy (non-hydrogen) atoms. The van der Waals surface area contributed by atoms with Crippen LogP contribution >= 0.6 is 11.6 Å². The minimum absolute atomic E-state index is 0.149. The van der Waals surface area contributed by atoms with Gasteiger partial charge in [-0.25, -0.2) is 5.01 Å². The molecular formula is C22H17ClN2O2. The summed E-state index contributed by atoms with van der Waals surface area (Å²) in [5.41, 5.74) is 2.89. The summed E-state index contributed by atoms with van der Waals surface area (Å²) in [5, 5.41) is 16.9. The highest BCUT2D eigenvalue weighted by Gasteiger charge is 2.35. The maximum Gasteiger partial charge on any atom is 0.274 e. The van der Waals surface area contributed by atoms with Crippen molar-refractivity contribution in [1.82, 2.24) is 5.01 Å². The molecule has 0 radical (unpaired) electrons. The zero-order chi connectivity index (χ0) is 18.8. The molecule has 4 rings (SSSR count). The first-order valence-electron chi connectivity index (χ1n) is 8.63. The molecule has 0 aliphatic carbocycles. The highest BCUT2D eigenvalue weighted by Crippen LogP contribution is 2.37. The maximum absolute atomic E-state index is 13.1. The third-order valence-electron chi connectivity index (χ3n) is 4.59. The molecule has 0 unspecified atom stereocenters. The van der Waals surface area contributed by atoms with Crippen LogP contribution < -0.4 is 0 Å². The summed E-state index contributed by atoms with van der Waals surface area (Å²) in [6, 6.07) is 23.2. The van der Waals surface area contributed by atoms with Gasteiger partial charge < -0.3 is 5.11 Å². The lowest BCUT2D eigenvalue weighted by molar-refractivity contribution is 0.0709. The Morgan fingerprint density at radius 1 is 1.00 bits per heavy atom. The van der Waals surface area contributed by atoms with Gasteiger partial charge in [0.1, 0.15) is 5.75 Å². The number of carbonyl (C=O) groups excluding carboxylic acids is 1. The van der Waals surface area contributed by atoms with Crippen molar-refractivity contribution in [3.63, 3.8) is 0 Å². The Morgan fingerprint density at radius 2 is 1.74 bits per heavy atom. The Kier molecular flexibility index (Phi) is 4.65. The van der Waals surface area contributed by atoms with E-state index in [9.17, 15) is 9.90 Å². The number of carbonyl (C=O) groups is 1. The van der Waals surface area contributed by atoms with Gasteiger partial charge in [-0.3, -0.25) is 4.79 Å². The molecule has 0 saturated carbocycles. The summed E-state index contributed by atoms with van der Waals surface area (Å²) < 4.78 is 0. The minimum Gasteiger partial charge on any atom is -0.508 e. The van der Waals surface area contributed by atoms with Crippen LogP contribution in [0.5, 0.6) is 5.75 Å². The molecule has 0 bridgehead atoms. The monoisotopic (exact) mass is 376 g/mol. The van der Waals surface area contributed by atoms with Crippen molar-refractivity contribution in [2.45, 2.75) is 12.5 Å². The predicted molar refractivity (Wildman–Crippen MR) is 106 cm³/mol. The fourth-order valence-corrected chi connectivity index (χ4v) is 3.46. The van der Waals surface area contributed by atoms with Crippen molar-refractivity contribution in [2.75, 3.05) is 0 Å². The Morgan fingerprint density at radius 3 is 2.48 bits per heavy atom. The van der Waals surface area contributed by atoms with Gasteiger partial charge in [-0.2, -0.15) is 5.10 Å². The Labute approximate surface area is 162 Å². The average Bonchev–Trinajstić information content (AvgIpc) is 3.13. The lowest BCUT2D eigenvalue weighted by Gasteiger charge is -2.22. The van der Waals surface area contributed by atoms with E-state index in [1.165, 1.54) is 5.01 Å². The van der Waals surface area contributed by atoms with Gasteiger partial charge in [0.25, 0.3) is 5.91 Å². The van der Waals surface area contributed by atoms with E-state index in [0.29, 0.717) is 22.6 Å². The highest BCUT2D eigenvalue weighted by molar-refractivity contribution is 6.31. The molecule has 1 aliphatic heterocycles. The second-order valence-electron chi connectivity index (χ2n) is 6.35. The average molecular weight is 377 g/mol. The van der Waals surface area contributed by atoms with Crippen molar-refractivity contribution in [3.8, 4) is 5.75 Å². The molecule has 4 nitrogen and oxygen atoms in total. The minimum atomic E-state index is -0.382. The molecule has 0 spiro atoms. The molecule has 1 amide bonds. The Bertz CT molecular complexity index is 1020. The fourth-order valence-electron chi connectivity index (χ4n) is 3.27. The van der Waals surface area contributed by atoms with Crippen LogP contribution in [0.4, 0.5) is 0 Å². The second-order valence-corrected chi connectivity index (χ2v) is 6.79. The quantitative estimate of drug-likeness (QED) is 0.696. The van der Waals surface area contributed by atoms with E-state index in [0.717, 1.165) is 11.3 Å². The Balaban J connectivity index is 1.76. The largest absolute Gasteiger partial charge is 0.508 e. The van der Waals surface area contributed by atoms with Gasteiger partial charge in [-0.15, -0.1) is 0 Å². The molecule has 0 fully saturated rings.